The Bertz CT molecular complexity index is 756. The third-order valence-corrected chi connectivity index (χ3v) is 4.35. The number of thiazole rings is 1. The van der Waals surface area contributed by atoms with Crippen molar-refractivity contribution in [2.75, 3.05) is 11.9 Å². The molecule has 0 saturated carbocycles. The number of hydrogen-bond donors (Lipinski definition) is 3. The maximum atomic E-state index is 11.9. The molecule has 3 rings (SSSR count). The number of amides is 2. The molecule has 1 aromatic heterocycles. The van der Waals surface area contributed by atoms with Crippen molar-refractivity contribution in [1.82, 2.24) is 10.3 Å². The minimum Gasteiger partial charge on any atom is -0.388 e. The van der Waals surface area contributed by atoms with E-state index in [-0.39, 0.29) is 6.03 Å². The van der Waals surface area contributed by atoms with Gasteiger partial charge in [0.25, 0.3) is 0 Å². The average Bonchev–Trinajstić information content (AvgIpc) is 2.97. The Labute approximate surface area is 138 Å². The predicted octanol–water partition coefficient (Wildman–Crippen LogP) is 3.54. The number of nitrogens with one attached hydrogen (secondary N) is 2. The van der Waals surface area contributed by atoms with E-state index in [1.54, 1.807) is 0 Å². The number of fused-ring (bicyclic) bond motifs is 1. The largest absolute Gasteiger partial charge is 0.388 e. The maximum absolute atomic E-state index is 11.9. The van der Waals surface area contributed by atoms with Gasteiger partial charge in [0.2, 0.25) is 0 Å². The number of aliphatic hydroxyl groups is 1. The van der Waals surface area contributed by atoms with Gasteiger partial charge in [-0.05, 0) is 24.1 Å². The van der Waals surface area contributed by atoms with Gasteiger partial charge in [-0.25, -0.2) is 9.78 Å². The quantitative estimate of drug-likeness (QED) is 0.671. The summed E-state index contributed by atoms with van der Waals surface area (Å²) in [6, 6.07) is 16.8. The van der Waals surface area contributed by atoms with Crippen LogP contribution < -0.4 is 10.6 Å². The van der Waals surface area contributed by atoms with Crippen molar-refractivity contribution in [3.8, 4) is 0 Å². The van der Waals surface area contributed by atoms with E-state index in [1.165, 1.54) is 11.3 Å². The molecule has 0 saturated heterocycles. The Morgan fingerprint density at radius 2 is 1.87 bits per heavy atom. The molecule has 3 N–H and O–H groups in total. The number of urea groups is 1. The molecule has 0 bridgehead atoms. The monoisotopic (exact) mass is 327 g/mol. The summed E-state index contributed by atoms with van der Waals surface area (Å²) in [5.74, 6) is 0. The lowest BCUT2D eigenvalue weighted by Gasteiger charge is -2.11. The number of para-hydroxylation sites is 1. The first-order valence-electron chi connectivity index (χ1n) is 7.36. The lowest BCUT2D eigenvalue weighted by atomic mass is 10.1. The Kier molecular flexibility index (Phi) is 4.85. The second kappa shape index (κ2) is 7.21. The molecule has 6 heteroatoms. The fourth-order valence-corrected chi connectivity index (χ4v) is 3.09. The molecule has 3 aromatic rings. The van der Waals surface area contributed by atoms with Gasteiger partial charge < -0.3 is 10.4 Å². The van der Waals surface area contributed by atoms with Gasteiger partial charge in [-0.15, -0.1) is 0 Å². The SMILES string of the molecule is O=C(NCCC(O)c1ccccc1)Nc1nc2ccccc2s1. The van der Waals surface area contributed by atoms with Gasteiger partial charge >= 0.3 is 6.03 Å². The molecule has 1 atom stereocenters. The van der Waals surface area contributed by atoms with Crippen LogP contribution in [-0.4, -0.2) is 22.7 Å². The van der Waals surface area contributed by atoms with Crippen molar-refractivity contribution in [2.45, 2.75) is 12.5 Å². The average molecular weight is 327 g/mol. The van der Waals surface area contributed by atoms with Crippen molar-refractivity contribution in [3.63, 3.8) is 0 Å². The zero-order chi connectivity index (χ0) is 16.1. The Hall–Kier alpha value is -2.44. The summed E-state index contributed by atoms with van der Waals surface area (Å²) in [6.07, 6.45) is -0.129. The van der Waals surface area contributed by atoms with E-state index in [0.29, 0.717) is 18.1 Å². The summed E-state index contributed by atoms with van der Waals surface area (Å²) in [5.41, 5.74) is 1.72. The minimum atomic E-state index is -0.584. The summed E-state index contributed by atoms with van der Waals surface area (Å²) in [6.45, 7) is 0.382. The Morgan fingerprint density at radius 1 is 1.13 bits per heavy atom. The molecule has 1 unspecified atom stereocenters. The summed E-state index contributed by atoms with van der Waals surface area (Å²) in [7, 11) is 0. The van der Waals surface area contributed by atoms with Crippen LogP contribution in [0.4, 0.5) is 9.93 Å². The standard InChI is InChI=1S/C17H17N3O2S/c21-14(12-6-2-1-3-7-12)10-11-18-16(22)20-17-19-13-8-4-5-9-15(13)23-17/h1-9,14,21H,10-11H2,(H2,18,19,20,22). The predicted molar refractivity (Wildman–Crippen MR) is 92.7 cm³/mol. The van der Waals surface area contributed by atoms with Crippen molar-refractivity contribution in [1.29, 1.82) is 0 Å². The van der Waals surface area contributed by atoms with Gasteiger partial charge in [0.05, 0.1) is 16.3 Å². The molecule has 2 amide bonds. The number of aromatic nitrogens is 1. The van der Waals surface area contributed by atoms with Gasteiger partial charge in [0.1, 0.15) is 0 Å². The molecule has 5 nitrogen and oxygen atoms in total. The van der Waals surface area contributed by atoms with Crippen LogP contribution in [0.25, 0.3) is 10.2 Å². The molecule has 0 aliphatic rings. The zero-order valence-corrected chi connectivity index (χ0v) is 13.2. The number of rotatable bonds is 5. The van der Waals surface area contributed by atoms with E-state index >= 15 is 0 Å². The van der Waals surface area contributed by atoms with Gasteiger partial charge in [-0.3, -0.25) is 5.32 Å². The number of hydrogen-bond acceptors (Lipinski definition) is 4. The van der Waals surface area contributed by atoms with E-state index in [0.717, 1.165) is 15.8 Å². The van der Waals surface area contributed by atoms with Crippen LogP contribution in [0.2, 0.25) is 0 Å². The molecule has 0 aliphatic carbocycles. The molecule has 2 aromatic carbocycles. The first kappa shape index (κ1) is 15.5. The molecule has 0 aliphatic heterocycles. The topological polar surface area (TPSA) is 74.2 Å². The van der Waals surface area contributed by atoms with Crippen LogP contribution >= 0.6 is 11.3 Å². The number of carbonyl (C=O) groups is 1. The normalized spacial score (nSPS) is 12.0. The fourth-order valence-electron chi connectivity index (χ4n) is 2.23. The van der Waals surface area contributed by atoms with E-state index in [2.05, 4.69) is 15.6 Å². The highest BCUT2D eigenvalue weighted by molar-refractivity contribution is 7.22. The van der Waals surface area contributed by atoms with Crippen LogP contribution in [0.3, 0.4) is 0 Å². The zero-order valence-electron chi connectivity index (χ0n) is 12.4. The smallest absolute Gasteiger partial charge is 0.321 e. The molecule has 0 spiro atoms. The number of carbonyl (C=O) groups excluding carboxylic acids is 1. The van der Waals surface area contributed by atoms with E-state index in [9.17, 15) is 9.90 Å². The first-order chi connectivity index (χ1) is 11.2. The minimum absolute atomic E-state index is 0.315. The number of benzene rings is 2. The molecular formula is C17H17N3O2S. The van der Waals surface area contributed by atoms with Crippen LogP contribution in [0.1, 0.15) is 18.1 Å². The Morgan fingerprint density at radius 3 is 2.65 bits per heavy atom. The molecule has 118 valence electrons. The maximum Gasteiger partial charge on any atom is 0.321 e. The highest BCUT2D eigenvalue weighted by Gasteiger charge is 2.09. The molecule has 0 radical (unpaired) electrons. The summed E-state index contributed by atoms with van der Waals surface area (Å²) < 4.78 is 1.03. The van der Waals surface area contributed by atoms with E-state index < -0.39 is 6.10 Å². The molecular weight excluding hydrogens is 310 g/mol. The van der Waals surface area contributed by atoms with Gasteiger partial charge in [0, 0.05) is 6.54 Å². The summed E-state index contributed by atoms with van der Waals surface area (Å²) >= 11 is 1.43. The number of aliphatic hydroxyl groups excluding tert-OH is 1. The third kappa shape index (κ3) is 4.06. The van der Waals surface area contributed by atoms with Crippen LogP contribution in [0.15, 0.2) is 54.6 Å². The van der Waals surface area contributed by atoms with Crippen LogP contribution in [0, 0.1) is 0 Å². The summed E-state index contributed by atoms with van der Waals surface area (Å²) in [5, 5.41) is 16.1. The highest BCUT2D eigenvalue weighted by Crippen LogP contribution is 2.25. The highest BCUT2D eigenvalue weighted by atomic mass is 32.1. The van der Waals surface area contributed by atoms with Crippen molar-refractivity contribution >= 4 is 32.7 Å². The van der Waals surface area contributed by atoms with Gasteiger partial charge in [-0.1, -0.05) is 53.8 Å². The lowest BCUT2D eigenvalue weighted by molar-refractivity contribution is 0.167. The van der Waals surface area contributed by atoms with E-state index in [4.69, 9.17) is 0 Å². The van der Waals surface area contributed by atoms with Crippen LogP contribution in [-0.2, 0) is 0 Å². The lowest BCUT2D eigenvalue weighted by Crippen LogP contribution is -2.30. The summed E-state index contributed by atoms with van der Waals surface area (Å²) in [4.78, 5) is 16.2. The molecule has 0 fully saturated rings. The third-order valence-electron chi connectivity index (χ3n) is 3.40. The van der Waals surface area contributed by atoms with Gasteiger partial charge in [0.15, 0.2) is 5.13 Å². The second-order valence-corrected chi connectivity index (χ2v) is 6.11. The Balaban J connectivity index is 1.48. The van der Waals surface area contributed by atoms with Crippen molar-refractivity contribution in [3.05, 3.63) is 60.2 Å². The molecule has 23 heavy (non-hydrogen) atoms. The van der Waals surface area contributed by atoms with Gasteiger partial charge in [-0.2, -0.15) is 0 Å². The van der Waals surface area contributed by atoms with E-state index in [1.807, 2.05) is 54.6 Å². The van der Waals surface area contributed by atoms with Crippen LogP contribution in [0.5, 0.6) is 0 Å². The van der Waals surface area contributed by atoms with Crippen molar-refractivity contribution < 1.29 is 9.90 Å². The number of nitrogens with zero attached hydrogens (tertiary/aromatic N) is 1. The second-order valence-electron chi connectivity index (χ2n) is 5.08. The number of anilines is 1. The molecule has 1 heterocycles. The van der Waals surface area contributed by atoms with Crippen molar-refractivity contribution in [2.24, 2.45) is 0 Å². The first-order valence-corrected chi connectivity index (χ1v) is 8.17. The fraction of sp³-hybridized carbons (Fsp3) is 0.176.